The van der Waals surface area contributed by atoms with Crippen LogP contribution in [0, 0.1) is 6.92 Å². The molecule has 4 nitrogen and oxygen atoms in total. The van der Waals surface area contributed by atoms with Crippen LogP contribution < -0.4 is 11.1 Å². The molecule has 21 heavy (non-hydrogen) atoms. The molecule has 0 aliphatic rings. The molecule has 0 bridgehead atoms. The van der Waals surface area contributed by atoms with Crippen molar-refractivity contribution in [3.8, 4) is 0 Å². The minimum absolute atomic E-state index is 0.171. The molecular weight excluding hydrogens is 284 g/mol. The summed E-state index contributed by atoms with van der Waals surface area (Å²) in [6.45, 7) is 3.77. The van der Waals surface area contributed by atoms with Gasteiger partial charge in [0, 0.05) is 10.1 Å². The second kappa shape index (κ2) is 5.26. The summed E-state index contributed by atoms with van der Waals surface area (Å²) in [5.41, 5.74) is 6.62. The number of furan rings is 1. The Hall–Kier alpha value is -2.27. The van der Waals surface area contributed by atoms with Gasteiger partial charge in [-0.3, -0.25) is 4.79 Å². The molecule has 0 saturated carbocycles. The summed E-state index contributed by atoms with van der Waals surface area (Å²) in [6, 6.07) is 11.3. The highest BCUT2D eigenvalue weighted by Crippen LogP contribution is 2.33. The second-order valence-electron chi connectivity index (χ2n) is 4.98. The second-order valence-corrected chi connectivity index (χ2v) is 6.04. The number of carbonyl (C=O) groups is 1. The van der Waals surface area contributed by atoms with Crippen LogP contribution in [0.3, 0.4) is 0 Å². The average molecular weight is 300 g/mol. The van der Waals surface area contributed by atoms with E-state index >= 15 is 0 Å². The van der Waals surface area contributed by atoms with E-state index in [1.54, 1.807) is 0 Å². The van der Waals surface area contributed by atoms with E-state index in [-0.39, 0.29) is 11.9 Å². The first-order chi connectivity index (χ1) is 10.1. The molecule has 3 rings (SSSR count). The van der Waals surface area contributed by atoms with Crippen molar-refractivity contribution in [3.05, 3.63) is 52.8 Å². The van der Waals surface area contributed by atoms with Gasteiger partial charge in [-0.25, -0.2) is 0 Å². The fourth-order valence-corrected chi connectivity index (χ4v) is 3.28. The number of thiophene rings is 1. The Labute approximate surface area is 126 Å². The average Bonchev–Trinajstić information content (AvgIpc) is 3.04. The third-order valence-corrected chi connectivity index (χ3v) is 4.56. The zero-order valence-corrected chi connectivity index (χ0v) is 12.7. The molecule has 0 saturated heterocycles. The van der Waals surface area contributed by atoms with E-state index in [0.717, 1.165) is 21.6 Å². The van der Waals surface area contributed by atoms with Gasteiger partial charge >= 0.3 is 0 Å². The predicted octanol–water partition coefficient (Wildman–Crippen LogP) is 3.88. The molecule has 2 aromatic heterocycles. The number of amides is 1. The number of nitrogens with two attached hydrogens (primary N) is 1. The highest BCUT2D eigenvalue weighted by atomic mass is 32.1. The maximum absolute atomic E-state index is 12.4. The molecule has 0 aliphatic heterocycles. The lowest BCUT2D eigenvalue weighted by atomic mass is 10.2. The lowest BCUT2D eigenvalue weighted by Gasteiger charge is -2.10. The monoisotopic (exact) mass is 300 g/mol. The van der Waals surface area contributed by atoms with Crippen LogP contribution in [0.4, 0.5) is 5.69 Å². The molecule has 108 valence electrons. The van der Waals surface area contributed by atoms with Gasteiger partial charge in [-0.1, -0.05) is 18.2 Å². The number of anilines is 1. The number of rotatable bonds is 3. The first-order valence-corrected chi connectivity index (χ1v) is 7.52. The molecule has 5 heteroatoms. The number of carbonyl (C=O) groups excluding carboxylic acids is 1. The normalized spacial score (nSPS) is 12.5. The zero-order chi connectivity index (χ0) is 15.0. The minimum Gasteiger partial charge on any atom is -0.464 e. The Morgan fingerprint density at radius 1 is 1.29 bits per heavy atom. The number of aryl methyl sites for hydroxylation is 1. The largest absolute Gasteiger partial charge is 0.464 e. The van der Waals surface area contributed by atoms with Gasteiger partial charge in [-0.15, -0.1) is 11.3 Å². The van der Waals surface area contributed by atoms with E-state index in [4.69, 9.17) is 10.2 Å². The Balaban J connectivity index is 1.85. The fourth-order valence-electron chi connectivity index (χ4n) is 2.25. The van der Waals surface area contributed by atoms with Gasteiger partial charge in [0.15, 0.2) is 0 Å². The van der Waals surface area contributed by atoms with Crippen LogP contribution in [0.25, 0.3) is 10.1 Å². The van der Waals surface area contributed by atoms with Gasteiger partial charge in [0.2, 0.25) is 0 Å². The molecule has 1 unspecified atom stereocenters. The summed E-state index contributed by atoms with van der Waals surface area (Å²) in [7, 11) is 0. The van der Waals surface area contributed by atoms with Gasteiger partial charge in [0.25, 0.3) is 5.91 Å². The highest BCUT2D eigenvalue weighted by Gasteiger charge is 2.19. The lowest BCUT2D eigenvalue weighted by Crippen LogP contribution is -2.26. The number of hydrogen-bond donors (Lipinski definition) is 2. The fraction of sp³-hybridized carbons (Fsp3) is 0.188. The quantitative estimate of drug-likeness (QED) is 0.771. The highest BCUT2D eigenvalue weighted by molar-refractivity contribution is 7.21. The Morgan fingerprint density at radius 2 is 2.05 bits per heavy atom. The summed E-state index contributed by atoms with van der Waals surface area (Å²) in [6.07, 6.45) is 0. The van der Waals surface area contributed by atoms with Crippen LogP contribution >= 0.6 is 11.3 Å². The van der Waals surface area contributed by atoms with Crippen molar-refractivity contribution in [2.45, 2.75) is 19.9 Å². The van der Waals surface area contributed by atoms with E-state index in [9.17, 15) is 4.79 Å². The molecular formula is C16H16N2O2S. The van der Waals surface area contributed by atoms with Crippen molar-refractivity contribution >= 4 is 33.0 Å². The summed E-state index contributed by atoms with van der Waals surface area (Å²) < 4.78 is 6.54. The maximum Gasteiger partial charge on any atom is 0.264 e. The summed E-state index contributed by atoms with van der Waals surface area (Å²) in [5.74, 6) is 1.39. The van der Waals surface area contributed by atoms with Crippen LogP contribution in [0.1, 0.15) is 34.2 Å². The van der Waals surface area contributed by atoms with E-state index in [2.05, 4.69) is 5.32 Å². The third-order valence-electron chi connectivity index (χ3n) is 3.38. The number of fused-ring (bicyclic) bond motifs is 1. The molecule has 3 N–H and O–H groups in total. The third kappa shape index (κ3) is 2.52. The Bertz CT molecular complexity index is 804. The van der Waals surface area contributed by atoms with Crippen LogP contribution in [0.2, 0.25) is 0 Å². The molecule has 1 amide bonds. The molecule has 1 aromatic carbocycles. The number of nitrogen functional groups attached to an aromatic ring is 1. The number of hydrogen-bond acceptors (Lipinski definition) is 4. The van der Waals surface area contributed by atoms with Crippen LogP contribution in [0.5, 0.6) is 0 Å². The first-order valence-electron chi connectivity index (χ1n) is 6.70. The van der Waals surface area contributed by atoms with Crippen LogP contribution in [-0.2, 0) is 0 Å². The van der Waals surface area contributed by atoms with Crippen LogP contribution in [-0.4, -0.2) is 5.91 Å². The number of benzene rings is 1. The van der Waals surface area contributed by atoms with E-state index < -0.39 is 0 Å². The molecule has 0 fully saturated rings. The van der Waals surface area contributed by atoms with Crippen molar-refractivity contribution in [3.63, 3.8) is 0 Å². The standard InChI is InChI=1S/C16H16N2O2S/c1-9-7-8-12(20-9)10(2)18-16(19)15-14(17)11-5-3-4-6-13(11)21-15/h3-8,10H,17H2,1-2H3,(H,18,19). The van der Waals surface area contributed by atoms with Gasteiger partial charge in [-0.2, -0.15) is 0 Å². The van der Waals surface area contributed by atoms with Crippen LogP contribution in [0.15, 0.2) is 40.8 Å². The van der Waals surface area contributed by atoms with Gasteiger partial charge in [0.05, 0.1) is 11.7 Å². The van der Waals surface area contributed by atoms with E-state index in [0.29, 0.717) is 10.6 Å². The molecule has 0 spiro atoms. The van der Waals surface area contributed by atoms with Gasteiger partial charge in [-0.05, 0) is 32.0 Å². The van der Waals surface area contributed by atoms with Gasteiger partial charge < -0.3 is 15.5 Å². The van der Waals surface area contributed by atoms with Crippen molar-refractivity contribution < 1.29 is 9.21 Å². The SMILES string of the molecule is Cc1ccc(C(C)NC(=O)c2sc3ccccc3c2N)o1. The smallest absolute Gasteiger partial charge is 0.264 e. The van der Waals surface area contributed by atoms with E-state index in [1.165, 1.54) is 11.3 Å². The zero-order valence-electron chi connectivity index (χ0n) is 11.8. The summed E-state index contributed by atoms with van der Waals surface area (Å²) in [4.78, 5) is 13.0. The molecule has 3 aromatic rings. The van der Waals surface area contributed by atoms with Crippen molar-refractivity contribution in [2.24, 2.45) is 0 Å². The molecule has 1 atom stereocenters. The van der Waals surface area contributed by atoms with Crippen molar-refractivity contribution in [2.75, 3.05) is 5.73 Å². The molecule has 2 heterocycles. The van der Waals surface area contributed by atoms with Gasteiger partial charge in [0.1, 0.15) is 16.4 Å². The van der Waals surface area contributed by atoms with E-state index in [1.807, 2.05) is 50.2 Å². The summed E-state index contributed by atoms with van der Waals surface area (Å²) >= 11 is 1.41. The Kier molecular flexibility index (Phi) is 3.43. The molecule has 0 aliphatic carbocycles. The van der Waals surface area contributed by atoms with Crippen molar-refractivity contribution in [1.29, 1.82) is 0 Å². The molecule has 0 radical (unpaired) electrons. The Morgan fingerprint density at radius 3 is 2.71 bits per heavy atom. The maximum atomic E-state index is 12.4. The lowest BCUT2D eigenvalue weighted by molar-refractivity contribution is 0.0940. The van der Waals surface area contributed by atoms with Crippen molar-refractivity contribution in [1.82, 2.24) is 5.32 Å². The summed E-state index contributed by atoms with van der Waals surface area (Å²) in [5, 5.41) is 3.85. The number of nitrogens with one attached hydrogen (secondary N) is 1. The predicted molar refractivity (Wildman–Crippen MR) is 85.6 cm³/mol. The first kappa shape index (κ1) is 13.7. The minimum atomic E-state index is -0.198. The topological polar surface area (TPSA) is 68.3 Å².